The molecule has 0 unspecified atom stereocenters. The van der Waals surface area contributed by atoms with Crippen LogP contribution in [-0.4, -0.2) is 178 Å². The number of aryl methyl sites for hydroxylation is 2. The summed E-state index contributed by atoms with van der Waals surface area (Å²) in [5, 5.41) is 114. The van der Waals surface area contributed by atoms with E-state index >= 15 is 0 Å². The average molecular weight is 894 g/mol. The van der Waals surface area contributed by atoms with E-state index in [2.05, 4.69) is 25.9 Å². The first-order valence-electron chi connectivity index (χ1n) is 19.5. The largest absolute Gasteiger partial charge is 0.394 e. The zero-order valence-corrected chi connectivity index (χ0v) is 34.3. The van der Waals surface area contributed by atoms with Gasteiger partial charge in [-0.25, -0.2) is 9.97 Å². The lowest BCUT2D eigenvalue weighted by Crippen LogP contribution is -2.56. The molecule has 0 radical (unpaired) electrons. The maximum Gasteiger partial charge on any atom is 0.280 e. The Morgan fingerprint density at radius 1 is 0.694 bits per heavy atom. The molecule has 22 nitrogen and oxygen atoms in total. The van der Waals surface area contributed by atoms with E-state index in [4.69, 9.17) is 38.7 Å². The van der Waals surface area contributed by atoms with E-state index in [0.717, 1.165) is 35.1 Å². The van der Waals surface area contributed by atoms with Crippen molar-refractivity contribution in [3.63, 3.8) is 0 Å². The summed E-state index contributed by atoms with van der Waals surface area (Å²) in [7, 11) is 0. The quantitative estimate of drug-likeness (QED) is 0.0231. The van der Waals surface area contributed by atoms with E-state index < -0.39 is 92.9 Å². The van der Waals surface area contributed by atoms with Crippen LogP contribution in [0.25, 0.3) is 11.1 Å². The van der Waals surface area contributed by atoms with Crippen molar-refractivity contribution in [3.8, 4) is 11.1 Å². The number of guanidine groups is 1. The Labute approximate surface area is 361 Å². The van der Waals surface area contributed by atoms with E-state index in [-0.39, 0.29) is 41.4 Å². The van der Waals surface area contributed by atoms with E-state index in [1.54, 1.807) is 0 Å². The van der Waals surface area contributed by atoms with Gasteiger partial charge in [-0.3, -0.25) is 25.1 Å². The Hall–Kier alpha value is -5.11. The van der Waals surface area contributed by atoms with Gasteiger partial charge in [-0.1, -0.05) is 60.1 Å². The van der Waals surface area contributed by atoms with Gasteiger partial charge in [-0.15, -0.1) is 0 Å². The number of carbonyl (C=O) groups is 3. The van der Waals surface area contributed by atoms with Crippen molar-refractivity contribution >= 4 is 46.9 Å². The Kier molecular flexibility index (Phi) is 20.8. The molecular formula is C39H56ClN9O13. The molecular weight excluding hydrogens is 838 g/mol. The Balaban J connectivity index is 1.45. The van der Waals surface area contributed by atoms with Crippen molar-refractivity contribution in [2.75, 3.05) is 50.9 Å². The van der Waals surface area contributed by atoms with Crippen molar-refractivity contribution in [1.82, 2.24) is 30.8 Å². The molecule has 3 aromatic rings. The molecule has 0 spiro atoms. The maximum atomic E-state index is 13.1. The summed E-state index contributed by atoms with van der Waals surface area (Å²) in [5.74, 6) is -3.04. The average Bonchev–Trinajstić information content (AvgIpc) is 3.27. The smallest absolute Gasteiger partial charge is 0.280 e. The molecule has 0 aliphatic rings. The minimum atomic E-state index is -2.40. The molecule has 0 saturated carbocycles. The van der Waals surface area contributed by atoms with Gasteiger partial charge in [-0.2, -0.15) is 0 Å². The number of carbonyl (C=O) groups excluding carboxylic acids is 3. The number of unbranched alkanes of at least 4 members (excludes halogenated alkanes) is 1. The molecule has 8 atom stereocenters. The molecule has 2 aromatic carbocycles. The number of aromatic nitrogens is 2. The highest BCUT2D eigenvalue weighted by molar-refractivity contribution is 6.31. The van der Waals surface area contributed by atoms with E-state index in [1.165, 1.54) is 0 Å². The molecule has 23 heteroatoms. The van der Waals surface area contributed by atoms with E-state index in [9.17, 15) is 55.2 Å². The van der Waals surface area contributed by atoms with Crippen molar-refractivity contribution < 1.29 is 65.4 Å². The first-order chi connectivity index (χ1) is 29.4. The molecule has 0 aliphatic carbocycles. The fraction of sp³-hybridized carbons (Fsp3) is 0.487. The number of nitrogen functional groups attached to an aromatic ring is 2. The summed E-state index contributed by atoms with van der Waals surface area (Å²) in [6, 6.07) is 15.6. The van der Waals surface area contributed by atoms with Crippen LogP contribution < -0.4 is 27.4 Å². The van der Waals surface area contributed by atoms with E-state index in [1.807, 2.05) is 48.5 Å². The monoisotopic (exact) mass is 893 g/mol. The SMILES string of the molecule is N=C(NCCCCc1ccc(-c2ccc(CCC(=O)NCCN(C[C@H](O)[C@@H](O)[C@H](O)[C@H](O)CO)C(=O)[C@@H](O)[C@H](O)[C@H](O)[C@H](O)CO)cc2)cc1)NC(=O)c1nc(Cl)c(N)nc1N. The van der Waals surface area contributed by atoms with Crippen LogP contribution in [0.4, 0.5) is 11.6 Å². The molecule has 62 heavy (non-hydrogen) atoms. The molecule has 3 rings (SSSR count). The Bertz CT molecular complexity index is 1920. The van der Waals surface area contributed by atoms with Gasteiger partial charge < -0.3 is 78.1 Å². The first-order valence-corrected chi connectivity index (χ1v) is 19.9. The number of aliphatic hydroxyl groups is 10. The fourth-order valence-corrected chi connectivity index (χ4v) is 6.07. The standard InChI is InChI=1S/C39H56ClN9O13/c40-34-36(42)47-35(41)28(46-34)37(61)48-39(43)45-14-2-1-3-20-4-9-22(10-5-20)23-11-6-21(7-12-23)8-13-27(55)44-15-16-49(17-24(52)29(56)30(57)25(53)18-50)38(62)33(60)32(59)31(58)26(54)19-51/h4-7,9-12,24-26,29-33,50-54,56-60H,1-3,8,13-19H2,(H,44,55)(H4,41,42,47)(H3,43,45,48,61)/t24-,25+,26+,29+,30+,31+,32+,33-/m0/s1. The second kappa shape index (κ2) is 25.1. The van der Waals surface area contributed by atoms with Crippen LogP contribution in [0.1, 0.15) is 40.9 Å². The van der Waals surface area contributed by atoms with Gasteiger partial charge in [0, 0.05) is 32.6 Å². The molecule has 0 bridgehead atoms. The van der Waals surface area contributed by atoms with Gasteiger partial charge in [0.05, 0.1) is 13.2 Å². The zero-order chi connectivity index (χ0) is 46.1. The predicted octanol–water partition coefficient (Wildman–Crippen LogP) is -4.01. The summed E-state index contributed by atoms with van der Waals surface area (Å²) < 4.78 is 0. The summed E-state index contributed by atoms with van der Waals surface area (Å²) in [5.41, 5.74) is 14.8. The number of rotatable bonds is 24. The van der Waals surface area contributed by atoms with E-state index in [0.29, 0.717) is 24.3 Å². The second-order valence-corrected chi connectivity index (χ2v) is 14.7. The summed E-state index contributed by atoms with van der Waals surface area (Å²) >= 11 is 5.81. The zero-order valence-electron chi connectivity index (χ0n) is 33.6. The number of nitrogens with two attached hydrogens (primary N) is 2. The van der Waals surface area contributed by atoms with Gasteiger partial charge in [0.1, 0.15) is 42.7 Å². The van der Waals surface area contributed by atoms with Crippen LogP contribution in [0.3, 0.4) is 0 Å². The topological polar surface area (TPSA) is 395 Å². The Morgan fingerprint density at radius 2 is 1.23 bits per heavy atom. The third-order valence-electron chi connectivity index (χ3n) is 9.69. The molecule has 0 saturated heterocycles. The lowest BCUT2D eigenvalue weighted by Gasteiger charge is -2.33. The number of aliphatic hydroxyl groups excluding tert-OH is 10. The van der Waals surface area contributed by atoms with Gasteiger partial charge in [0.15, 0.2) is 34.5 Å². The molecule has 1 heterocycles. The molecule has 1 aromatic heterocycles. The third-order valence-corrected chi connectivity index (χ3v) is 9.97. The van der Waals surface area contributed by atoms with Crippen molar-refractivity contribution in [2.45, 2.75) is 80.9 Å². The van der Waals surface area contributed by atoms with Gasteiger partial charge in [0.25, 0.3) is 11.8 Å². The van der Waals surface area contributed by atoms with Crippen molar-refractivity contribution in [1.29, 1.82) is 5.41 Å². The summed E-state index contributed by atoms with van der Waals surface area (Å²) in [6.45, 7) is -3.01. The minimum absolute atomic E-state index is 0.0374. The fourth-order valence-electron chi connectivity index (χ4n) is 5.94. The highest BCUT2D eigenvalue weighted by atomic mass is 35.5. The number of halogens is 1. The maximum absolute atomic E-state index is 13.1. The number of anilines is 2. The molecule has 18 N–H and O–H groups in total. The summed E-state index contributed by atoms with van der Waals surface area (Å²) in [4.78, 5) is 46.4. The van der Waals surface area contributed by atoms with Crippen molar-refractivity contribution in [3.05, 3.63) is 70.5 Å². The molecule has 342 valence electrons. The lowest BCUT2D eigenvalue weighted by atomic mass is 9.99. The third kappa shape index (κ3) is 15.4. The number of nitrogens with one attached hydrogen (secondary N) is 4. The van der Waals surface area contributed by atoms with Gasteiger partial charge in [0.2, 0.25) is 5.91 Å². The van der Waals surface area contributed by atoms with Gasteiger partial charge >= 0.3 is 0 Å². The molecule has 0 fully saturated rings. The number of hydrogen-bond donors (Lipinski definition) is 16. The predicted molar refractivity (Wildman–Crippen MR) is 224 cm³/mol. The summed E-state index contributed by atoms with van der Waals surface area (Å²) in [6.07, 6.45) is -14.0. The number of benzene rings is 2. The lowest BCUT2D eigenvalue weighted by molar-refractivity contribution is -0.162. The van der Waals surface area contributed by atoms with Crippen molar-refractivity contribution in [2.24, 2.45) is 0 Å². The number of amides is 3. The Morgan fingerprint density at radius 3 is 1.79 bits per heavy atom. The van der Waals surface area contributed by atoms with Crippen LogP contribution in [0.2, 0.25) is 5.15 Å². The highest BCUT2D eigenvalue weighted by Gasteiger charge is 2.38. The number of nitrogens with zero attached hydrogens (tertiary/aromatic N) is 3. The van der Waals surface area contributed by atoms with Crippen LogP contribution in [0.5, 0.6) is 0 Å². The van der Waals surface area contributed by atoms with Crippen LogP contribution in [-0.2, 0) is 22.4 Å². The minimum Gasteiger partial charge on any atom is -0.394 e. The van der Waals surface area contributed by atoms with Crippen LogP contribution in [0, 0.1) is 5.41 Å². The second-order valence-electron chi connectivity index (χ2n) is 14.3. The molecule has 0 aliphatic heterocycles. The number of hydrogen-bond acceptors (Lipinski definition) is 18. The van der Waals surface area contributed by atoms with Crippen LogP contribution in [0.15, 0.2) is 48.5 Å². The normalized spacial score (nSPS) is 15.3. The molecule has 3 amide bonds. The van der Waals surface area contributed by atoms with Crippen LogP contribution >= 0.6 is 11.6 Å². The highest BCUT2D eigenvalue weighted by Crippen LogP contribution is 2.22. The first kappa shape index (κ1) is 51.2. The van der Waals surface area contributed by atoms with Gasteiger partial charge in [-0.05, 0) is 47.9 Å².